The lowest BCUT2D eigenvalue weighted by Gasteiger charge is -2.14. The van der Waals surface area contributed by atoms with Gasteiger partial charge in [-0.3, -0.25) is 4.79 Å². The molecule has 0 rings (SSSR count). The molecule has 3 nitrogen and oxygen atoms in total. The maximum atomic E-state index is 9.57. The molecule has 0 aromatic rings. The molecule has 0 aromatic carbocycles. The van der Waals surface area contributed by atoms with Crippen molar-refractivity contribution < 1.29 is 9.53 Å². The molecule has 0 saturated heterocycles. The topological polar surface area (TPSA) is 38.3 Å². The maximum Gasteiger partial charge on any atom is 0.207 e. The molecule has 0 spiro atoms. The van der Waals surface area contributed by atoms with Gasteiger partial charge in [0.1, 0.15) is 0 Å². The lowest BCUT2D eigenvalue weighted by molar-refractivity contribution is -0.109. The van der Waals surface area contributed by atoms with E-state index in [9.17, 15) is 4.79 Å². The zero-order valence-corrected chi connectivity index (χ0v) is 11.5. The van der Waals surface area contributed by atoms with Gasteiger partial charge in [0.2, 0.25) is 6.41 Å². The average molecular weight is 219 g/mol. The Morgan fingerprint density at radius 1 is 1.27 bits per heavy atom. The molecule has 1 amide bonds. The predicted octanol–water partition coefficient (Wildman–Crippen LogP) is 2.99. The summed E-state index contributed by atoms with van der Waals surface area (Å²) in [6.45, 7) is 13.0. The summed E-state index contributed by atoms with van der Waals surface area (Å²) >= 11 is 0. The van der Waals surface area contributed by atoms with Crippen LogP contribution in [0.3, 0.4) is 0 Å². The number of nitrogens with one attached hydrogen (secondary N) is 1. The molecule has 0 saturated carbocycles. The molecule has 0 radical (unpaired) electrons. The van der Waals surface area contributed by atoms with Crippen LogP contribution in [0.15, 0.2) is 0 Å². The molecule has 0 aromatic heterocycles. The standard InChI is InChI=1S/C5H11NO.C5H12O.C2H6/c1-2-3-4-6-5-7;1-5(2,3)6-4;1-2/h5H,2-4H2,1H3,(H,6,7);1-4H3;1-2H3. The third kappa shape index (κ3) is 42.4. The lowest BCUT2D eigenvalue weighted by Crippen LogP contribution is -2.15. The summed E-state index contributed by atoms with van der Waals surface area (Å²) in [6.07, 6.45) is 2.95. The number of hydrogen-bond donors (Lipinski definition) is 1. The van der Waals surface area contributed by atoms with Gasteiger partial charge in [-0.1, -0.05) is 27.2 Å². The summed E-state index contributed by atoms with van der Waals surface area (Å²) in [6, 6.07) is 0. The minimum absolute atomic E-state index is 0.0417. The summed E-state index contributed by atoms with van der Waals surface area (Å²) in [7, 11) is 1.71. The lowest BCUT2D eigenvalue weighted by atomic mass is 10.2. The normalized spacial score (nSPS) is 9.00. The van der Waals surface area contributed by atoms with Crippen LogP contribution in [-0.2, 0) is 9.53 Å². The van der Waals surface area contributed by atoms with E-state index in [2.05, 4.69) is 12.2 Å². The van der Waals surface area contributed by atoms with Crippen LogP contribution < -0.4 is 5.32 Å². The minimum Gasteiger partial charge on any atom is -0.379 e. The maximum absolute atomic E-state index is 9.57. The predicted molar refractivity (Wildman–Crippen MR) is 67.1 cm³/mol. The summed E-state index contributed by atoms with van der Waals surface area (Å²) < 4.78 is 4.94. The van der Waals surface area contributed by atoms with Crippen LogP contribution in [-0.4, -0.2) is 25.7 Å². The highest BCUT2D eigenvalue weighted by molar-refractivity contribution is 5.45. The summed E-state index contributed by atoms with van der Waals surface area (Å²) in [5, 5.41) is 2.57. The molecule has 0 bridgehead atoms. The first-order valence-electron chi connectivity index (χ1n) is 5.70. The number of methoxy groups -OCH3 is 1. The fraction of sp³-hybridized carbons (Fsp3) is 0.917. The number of amides is 1. The molecule has 0 unspecified atom stereocenters. The van der Waals surface area contributed by atoms with Gasteiger partial charge in [-0.2, -0.15) is 0 Å². The van der Waals surface area contributed by atoms with Crippen LogP contribution >= 0.6 is 0 Å². The van der Waals surface area contributed by atoms with Crippen molar-refractivity contribution in [2.75, 3.05) is 13.7 Å². The van der Waals surface area contributed by atoms with Crippen molar-refractivity contribution in [2.45, 2.75) is 60.0 Å². The van der Waals surface area contributed by atoms with Crippen LogP contribution in [0, 0.1) is 0 Å². The number of hydrogen-bond acceptors (Lipinski definition) is 2. The van der Waals surface area contributed by atoms with Gasteiger partial charge >= 0.3 is 0 Å². The minimum atomic E-state index is 0.0417. The van der Waals surface area contributed by atoms with E-state index < -0.39 is 0 Å². The SMILES string of the molecule is CC.CCCCNC=O.COC(C)(C)C. The van der Waals surface area contributed by atoms with Gasteiger partial charge < -0.3 is 10.1 Å². The Bertz CT molecular complexity index is 109. The second-order valence-electron chi connectivity index (χ2n) is 3.74. The van der Waals surface area contributed by atoms with E-state index in [4.69, 9.17) is 4.74 Å². The first kappa shape index (κ1) is 19.9. The molecule has 3 heteroatoms. The first-order valence-corrected chi connectivity index (χ1v) is 5.70. The molecule has 0 fully saturated rings. The van der Waals surface area contributed by atoms with Gasteiger partial charge in [-0.05, 0) is 27.2 Å². The van der Waals surface area contributed by atoms with Crippen LogP contribution in [0.4, 0.5) is 0 Å². The Labute approximate surface area is 95.6 Å². The Balaban J connectivity index is -0.000000166. The van der Waals surface area contributed by atoms with Gasteiger partial charge in [-0.25, -0.2) is 0 Å². The van der Waals surface area contributed by atoms with Crippen LogP contribution in [0.25, 0.3) is 0 Å². The Morgan fingerprint density at radius 3 is 1.87 bits per heavy atom. The van der Waals surface area contributed by atoms with Crippen molar-refractivity contribution >= 4 is 6.41 Å². The summed E-state index contributed by atoms with van der Waals surface area (Å²) in [4.78, 5) is 9.57. The number of rotatable bonds is 4. The Hall–Kier alpha value is -0.570. The third-order valence-electron chi connectivity index (χ3n) is 1.37. The van der Waals surface area contributed by atoms with Gasteiger partial charge in [0.05, 0.1) is 5.60 Å². The average Bonchev–Trinajstić information content (AvgIpc) is 2.22. The van der Waals surface area contributed by atoms with Gasteiger partial charge in [0.25, 0.3) is 0 Å². The molecule has 1 N–H and O–H groups in total. The smallest absolute Gasteiger partial charge is 0.207 e. The monoisotopic (exact) mass is 219 g/mol. The molecular weight excluding hydrogens is 190 g/mol. The van der Waals surface area contributed by atoms with Crippen LogP contribution in [0.2, 0.25) is 0 Å². The Morgan fingerprint density at radius 2 is 1.67 bits per heavy atom. The summed E-state index contributed by atoms with van der Waals surface area (Å²) in [5.41, 5.74) is 0.0417. The highest BCUT2D eigenvalue weighted by atomic mass is 16.5. The number of unbranched alkanes of at least 4 members (excludes halogenated alkanes) is 1. The largest absolute Gasteiger partial charge is 0.379 e. The fourth-order valence-corrected chi connectivity index (χ4v) is 0.338. The molecule has 15 heavy (non-hydrogen) atoms. The molecule has 0 atom stereocenters. The fourth-order valence-electron chi connectivity index (χ4n) is 0.338. The highest BCUT2D eigenvalue weighted by Gasteiger charge is 2.03. The van der Waals surface area contributed by atoms with E-state index in [0.717, 1.165) is 25.8 Å². The van der Waals surface area contributed by atoms with Gasteiger partial charge in [0, 0.05) is 13.7 Å². The van der Waals surface area contributed by atoms with E-state index in [0.29, 0.717) is 0 Å². The molecule has 94 valence electrons. The van der Waals surface area contributed by atoms with Crippen molar-refractivity contribution in [3.05, 3.63) is 0 Å². The molecular formula is C12H29NO2. The van der Waals surface area contributed by atoms with Crippen molar-refractivity contribution in [3.63, 3.8) is 0 Å². The zero-order valence-electron chi connectivity index (χ0n) is 11.5. The number of carbonyl (C=O) groups is 1. The highest BCUT2D eigenvalue weighted by Crippen LogP contribution is 2.02. The Kier molecular flexibility index (Phi) is 21.1. The van der Waals surface area contributed by atoms with Gasteiger partial charge in [0.15, 0.2) is 0 Å². The van der Waals surface area contributed by atoms with Crippen LogP contribution in [0.5, 0.6) is 0 Å². The van der Waals surface area contributed by atoms with E-state index in [-0.39, 0.29) is 5.60 Å². The second kappa shape index (κ2) is 15.9. The first-order chi connectivity index (χ1) is 6.97. The van der Waals surface area contributed by atoms with Crippen molar-refractivity contribution in [1.29, 1.82) is 0 Å². The molecule has 0 aliphatic heterocycles. The number of carbonyl (C=O) groups excluding carboxylic acids is 1. The van der Waals surface area contributed by atoms with E-state index in [1.165, 1.54) is 0 Å². The van der Waals surface area contributed by atoms with E-state index >= 15 is 0 Å². The third-order valence-corrected chi connectivity index (χ3v) is 1.37. The van der Waals surface area contributed by atoms with Crippen molar-refractivity contribution in [1.82, 2.24) is 5.32 Å². The van der Waals surface area contributed by atoms with Gasteiger partial charge in [-0.15, -0.1) is 0 Å². The van der Waals surface area contributed by atoms with Crippen LogP contribution in [0.1, 0.15) is 54.4 Å². The number of ether oxygens (including phenoxy) is 1. The van der Waals surface area contributed by atoms with Crippen molar-refractivity contribution in [2.24, 2.45) is 0 Å². The molecule has 0 aliphatic carbocycles. The molecule has 0 aliphatic rings. The summed E-state index contributed by atoms with van der Waals surface area (Å²) in [5.74, 6) is 0. The zero-order chi connectivity index (χ0) is 12.7. The second-order valence-corrected chi connectivity index (χ2v) is 3.74. The van der Waals surface area contributed by atoms with E-state index in [1.807, 2.05) is 34.6 Å². The quantitative estimate of drug-likeness (QED) is 0.583. The van der Waals surface area contributed by atoms with Crippen molar-refractivity contribution in [3.8, 4) is 0 Å². The molecule has 0 heterocycles. The van der Waals surface area contributed by atoms with E-state index in [1.54, 1.807) is 7.11 Å².